The summed E-state index contributed by atoms with van der Waals surface area (Å²) in [4.78, 5) is 11.6. The van der Waals surface area contributed by atoms with Crippen molar-refractivity contribution in [3.05, 3.63) is 24.8 Å². The zero-order chi connectivity index (χ0) is 25.2. The lowest BCUT2D eigenvalue weighted by atomic mass is 9.92. The van der Waals surface area contributed by atoms with Gasteiger partial charge in [0.05, 0.1) is 6.10 Å². The van der Waals surface area contributed by atoms with Crippen LogP contribution in [0, 0.1) is 11.8 Å². The van der Waals surface area contributed by atoms with Gasteiger partial charge in [-0.25, -0.2) is 0 Å². The minimum atomic E-state index is -1.87. The molecule has 2 rings (SSSR count). The van der Waals surface area contributed by atoms with Crippen LogP contribution in [-0.4, -0.2) is 51.9 Å². The molecule has 5 atom stereocenters. The van der Waals surface area contributed by atoms with Crippen molar-refractivity contribution in [2.24, 2.45) is 11.8 Å². The molecule has 7 heteroatoms. The first-order valence-corrected chi connectivity index (χ1v) is 16.4. The highest BCUT2D eigenvalue weighted by atomic mass is 35.5. The first-order valence-electron chi connectivity index (χ1n) is 13.0. The van der Waals surface area contributed by atoms with Crippen molar-refractivity contribution in [2.75, 3.05) is 19.8 Å². The van der Waals surface area contributed by atoms with Gasteiger partial charge in [0.15, 0.2) is 14.6 Å². The predicted octanol–water partition coefficient (Wildman–Crippen LogP) is 7.01. The Hall–Kier alpha value is -0.663. The third-order valence-electron chi connectivity index (χ3n) is 7.55. The molecule has 0 spiro atoms. The van der Waals surface area contributed by atoms with Crippen molar-refractivity contribution in [1.29, 1.82) is 0 Å². The first kappa shape index (κ1) is 29.6. The van der Waals surface area contributed by atoms with E-state index in [9.17, 15) is 4.79 Å². The van der Waals surface area contributed by atoms with Crippen LogP contribution in [0.3, 0.4) is 0 Å². The standard InChI is InChI=1S/C27H47ClO5Si/c1-7-17-30-25(29)15-11-9-8-10-14-21-22(20-32-34(5,6)27(2,3)4)24(19-23(21)28)33-26-16-12-13-18-31-26/h7-8,10,21-24,26H,1,9,11-20H2,2-6H3/t21-,22-,23-,24-,26?/m1/s1. The topological polar surface area (TPSA) is 54.0 Å². The monoisotopic (exact) mass is 514 g/mol. The van der Waals surface area contributed by atoms with Crippen LogP contribution in [0.5, 0.6) is 0 Å². The Labute approximate surface area is 213 Å². The minimum Gasteiger partial charge on any atom is -0.461 e. The molecule has 2 aliphatic rings. The number of rotatable bonds is 13. The number of halogens is 1. The second-order valence-corrected chi connectivity index (χ2v) is 16.6. The van der Waals surface area contributed by atoms with Gasteiger partial charge >= 0.3 is 5.97 Å². The highest BCUT2D eigenvalue weighted by Gasteiger charge is 2.46. The summed E-state index contributed by atoms with van der Waals surface area (Å²) in [6.07, 6.45) is 12.9. The van der Waals surface area contributed by atoms with E-state index < -0.39 is 8.32 Å². The van der Waals surface area contributed by atoms with Gasteiger partial charge in [-0.1, -0.05) is 45.6 Å². The highest BCUT2D eigenvalue weighted by Crippen LogP contribution is 2.43. The van der Waals surface area contributed by atoms with Crippen molar-refractivity contribution >= 4 is 25.9 Å². The fraction of sp³-hybridized carbons (Fsp3) is 0.815. The molecule has 1 unspecified atom stereocenters. The van der Waals surface area contributed by atoms with E-state index >= 15 is 0 Å². The molecule has 1 saturated carbocycles. The van der Waals surface area contributed by atoms with Gasteiger partial charge in [-0.3, -0.25) is 4.79 Å². The molecule has 34 heavy (non-hydrogen) atoms. The summed E-state index contributed by atoms with van der Waals surface area (Å²) in [6.45, 7) is 16.7. The molecular weight excluding hydrogens is 468 g/mol. The summed E-state index contributed by atoms with van der Waals surface area (Å²) in [6, 6.07) is 0. The molecular formula is C27H47ClO5Si. The molecule has 1 heterocycles. The molecule has 0 N–H and O–H groups in total. The fourth-order valence-electron chi connectivity index (χ4n) is 4.32. The molecule has 196 valence electrons. The van der Waals surface area contributed by atoms with Gasteiger partial charge in [0.1, 0.15) is 6.61 Å². The van der Waals surface area contributed by atoms with E-state index in [1.165, 1.54) is 0 Å². The van der Waals surface area contributed by atoms with Crippen LogP contribution in [0.15, 0.2) is 24.8 Å². The Bertz CT molecular complexity index is 654. The predicted molar refractivity (Wildman–Crippen MR) is 142 cm³/mol. The van der Waals surface area contributed by atoms with E-state index in [1.54, 1.807) is 6.08 Å². The maximum absolute atomic E-state index is 11.6. The van der Waals surface area contributed by atoms with Crippen LogP contribution in [0.4, 0.5) is 0 Å². The zero-order valence-corrected chi connectivity index (χ0v) is 23.8. The van der Waals surface area contributed by atoms with E-state index in [1.807, 2.05) is 0 Å². The number of unbranched alkanes of at least 4 members (excludes halogenated alkanes) is 1. The number of carbonyl (C=O) groups excluding carboxylic acids is 1. The molecule has 5 nitrogen and oxygen atoms in total. The van der Waals surface area contributed by atoms with Gasteiger partial charge in [-0.15, -0.1) is 11.6 Å². The summed E-state index contributed by atoms with van der Waals surface area (Å²) in [7, 11) is -1.87. The fourth-order valence-corrected chi connectivity index (χ4v) is 5.83. The number of ether oxygens (including phenoxy) is 3. The molecule has 1 saturated heterocycles. The number of esters is 1. The molecule has 1 aliphatic carbocycles. The largest absolute Gasteiger partial charge is 0.461 e. The Balaban J connectivity index is 1.95. The van der Waals surface area contributed by atoms with E-state index in [-0.39, 0.29) is 41.3 Å². The smallest absolute Gasteiger partial charge is 0.306 e. The van der Waals surface area contributed by atoms with Crippen LogP contribution in [-0.2, 0) is 23.4 Å². The minimum absolute atomic E-state index is 0.0557. The maximum atomic E-state index is 11.6. The van der Waals surface area contributed by atoms with Gasteiger partial charge in [0.25, 0.3) is 0 Å². The summed E-state index contributed by atoms with van der Waals surface area (Å²) in [5.74, 6) is 0.382. The number of hydrogen-bond acceptors (Lipinski definition) is 5. The summed E-state index contributed by atoms with van der Waals surface area (Å²) in [5.41, 5.74) is 0. The molecule has 1 aliphatic heterocycles. The van der Waals surface area contributed by atoms with Crippen LogP contribution in [0.25, 0.3) is 0 Å². The molecule has 2 fully saturated rings. The van der Waals surface area contributed by atoms with E-state index in [4.69, 9.17) is 30.2 Å². The summed E-state index contributed by atoms with van der Waals surface area (Å²) >= 11 is 6.89. The van der Waals surface area contributed by atoms with Gasteiger partial charge in [-0.2, -0.15) is 0 Å². The average Bonchev–Trinajstić information content (AvgIpc) is 3.07. The van der Waals surface area contributed by atoms with Gasteiger partial charge < -0.3 is 18.6 Å². The van der Waals surface area contributed by atoms with Crippen LogP contribution >= 0.6 is 11.6 Å². The van der Waals surface area contributed by atoms with Crippen LogP contribution in [0.2, 0.25) is 18.1 Å². The van der Waals surface area contributed by atoms with Crippen molar-refractivity contribution in [3.63, 3.8) is 0 Å². The third-order valence-corrected chi connectivity index (χ3v) is 12.5. The average molecular weight is 515 g/mol. The van der Waals surface area contributed by atoms with E-state index in [0.717, 1.165) is 51.6 Å². The van der Waals surface area contributed by atoms with Gasteiger partial charge in [0, 0.05) is 30.9 Å². The highest BCUT2D eigenvalue weighted by molar-refractivity contribution is 6.74. The van der Waals surface area contributed by atoms with E-state index in [2.05, 4.69) is 52.6 Å². The quantitative estimate of drug-likeness (QED) is 0.0869. The number of carbonyl (C=O) groups is 1. The van der Waals surface area contributed by atoms with Crippen LogP contribution in [0.1, 0.15) is 72.1 Å². The van der Waals surface area contributed by atoms with Gasteiger partial charge in [-0.05, 0) is 69.0 Å². The molecule has 0 aromatic heterocycles. The second kappa shape index (κ2) is 14.2. The molecule has 0 bridgehead atoms. The number of hydrogen-bond donors (Lipinski definition) is 0. The second-order valence-electron chi connectivity index (χ2n) is 11.2. The lowest BCUT2D eigenvalue weighted by Gasteiger charge is -2.38. The van der Waals surface area contributed by atoms with E-state index in [0.29, 0.717) is 18.9 Å². The number of allylic oxidation sites excluding steroid dienone is 2. The summed E-state index contributed by atoms with van der Waals surface area (Å²) < 4.78 is 24.0. The molecule has 0 amide bonds. The molecule has 0 aromatic rings. The first-order chi connectivity index (χ1) is 16.0. The SMILES string of the molecule is C=CCOC(=O)CCCC=CC[C@@H]1[C@@H](CO[Si](C)(C)C(C)(C)C)[C@H](OC2CCCCO2)C[C@H]1Cl. The lowest BCUT2D eigenvalue weighted by Crippen LogP contribution is -2.44. The molecule has 0 radical (unpaired) electrons. The van der Waals surface area contributed by atoms with Crippen molar-refractivity contribution in [3.8, 4) is 0 Å². The van der Waals surface area contributed by atoms with Gasteiger partial charge in [0.2, 0.25) is 0 Å². The molecule has 0 aromatic carbocycles. The normalized spacial score (nSPS) is 28.4. The maximum Gasteiger partial charge on any atom is 0.306 e. The van der Waals surface area contributed by atoms with Crippen molar-refractivity contribution in [2.45, 2.75) is 108 Å². The Morgan fingerprint density at radius 1 is 1.21 bits per heavy atom. The van der Waals surface area contributed by atoms with Crippen molar-refractivity contribution in [1.82, 2.24) is 0 Å². The Morgan fingerprint density at radius 3 is 2.62 bits per heavy atom. The summed E-state index contributed by atoms with van der Waals surface area (Å²) in [5, 5.41) is 0.219. The Morgan fingerprint density at radius 2 is 1.97 bits per heavy atom. The zero-order valence-electron chi connectivity index (χ0n) is 22.0. The lowest BCUT2D eigenvalue weighted by molar-refractivity contribution is -0.197. The number of alkyl halides is 1. The van der Waals surface area contributed by atoms with Crippen molar-refractivity contribution < 1.29 is 23.4 Å². The Kier molecular flexibility index (Phi) is 12.3. The van der Waals surface area contributed by atoms with Crippen LogP contribution < -0.4 is 0 Å². The third kappa shape index (κ3) is 9.42.